The van der Waals surface area contributed by atoms with Crippen molar-refractivity contribution in [2.75, 3.05) is 11.4 Å². The Morgan fingerprint density at radius 1 is 1.38 bits per heavy atom. The van der Waals surface area contributed by atoms with E-state index in [4.69, 9.17) is 0 Å². The molecule has 1 aliphatic rings. The van der Waals surface area contributed by atoms with Gasteiger partial charge in [-0.2, -0.15) is 0 Å². The number of benzene rings is 1. The predicted molar refractivity (Wildman–Crippen MR) is 67.2 cm³/mol. The summed E-state index contributed by atoms with van der Waals surface area (Å²) in [6.45, 7) is 7.78. The number of anilines is 1. The van der Waals surface area contributed by atoms with Gasteiger partial charge < -0.3 is 4.90 Å². The third-order valence-corrected chi connectivity index (χ3v) is 3.45. The lowest BCUT2D eigenvalue weighted by Gasteiger charge is -2.25. The predicted octanol–water partition coefficient (Wildman–Crippen LogP) is 3.04. The van der Waals surface area contributed by atoms with Gasteiger partial charge in [0.2, 0.25) is 0 Å². The number of rotatable bonds is 2. The first-order valence-electron chi connectivity index (χ1n) is 5.94. The van der Waals surface area contributed by atoms with Crippen molar-refractivity contribution in [3.8, 4) is 0 Å². The molecule has 86 valence electrons. The van der Waals surface area contributed by atoms with Crippen LogP contribution >= 0.6 is 0 Å². The summed E-state index contributed by atoms with van der Waals surface area (Å²) >= 11 is 0. The van der Waals surface area contributed by atoms with Crippen molar-refractivity contribution < 1.29 is 4.79 Å². The molecular formula is C14H19NO. The van der Waals surface area contributed by atoms with Crippen molar-refractivity contribution >= 4 is 12.0 Å². The van der Waals surface area contributed by atoms with Gasteiger partial charge in [-0.1, -0.05) is 6.92 Å². The normalized spacial score (nSPS) is 24.8. The van der Waals surface area contributed by atoms with Crippen molar-refractivity contribution in [3.63, 3.8) is 0 Å². The van der Waals surface area contributed by atoms with Crippen LogP contribution in [-0.2, 0) is 0 Å². The Balaban J connectivity index is 2.30. The van der Waals surface area contributed by atoms with E-state index in [-0.39, 0.29) is 0 Å². The summed E-state index contributed by atoms with van der Waals surface area (Å²) in [5.41, 5.74) is 3.24. The summed E-state index contributed by atoms with van der Waals surface area (Å²) in [6.07, 6.45) is 2.17. The molecule has 0 bridgehead atoms. The zero-order chi connectivity index (χ0) is 11.7. The first-order valence-corrected chi connectivity index (χ1v) is 5.94. The molecule has 0 aromatic heterocycles. The molecule has 2 heteroatoms. The highest BCUT2D eigenvalue weighted by molar-refractivity contribution is 5.77. The first kappa shape index (κ1) is 11.2. The van der Waals surface area contributed by atoms with Crippen LogP contribution in [0.25, 0.3) is 0 Å². The Morgan fingerprint density at radius 2 is 2.12 bits per heavy atom. The molecule has 16 heavy (non-hydrogen) atoms. The molecule has 0 aliphatic carbocycles. The molecule has 0 N–H and O–H groups in total. The molecule has 2 atom stereocenters. The second kappa shape index (κ2) is 4.28. The van der Waals surface area contributed by atoms with E-state index in [0.29, 0.717) is 6.04 Å². The third-order valence-electron chi connectivity index (χ3n) is 3.45. The maximum Gasteiger partial charge on any atom is 0.150 e. The molecule has 1 heterocycles. The van der Waals surface area contributed by atoms with Gasteiger partial charge >= 0.3 is 0 Å². The van der Waals surface area contributed by atoms with Gasteiger partial charge in [0.25, 0.3) is 0 Å². The molecular weight excluding hydrogens is 198 g/mol. The van der Waals surface area contributed by atoms with Gasteiger partial charge in [-0.15, -0.1) is 0 Å². The van der Waals surface area contributed by atoms with Gasteiger partial charge in [-0.25, -0.2) is 0 Å². The van der Waals surface area contributed by atoms with Crippen molar-refractivity contribution in [2.45, 2.75) is 33.2 Å². The van der Waals surface area contributed by atoms with Gasteiger partial charge in [0, 0.05) is 23.8 Å². The van der Waals surface area contributed by atoms with E-state index in [1.54, 1.807) is 0 Å². The van der Waals surface area contributed by atoms with Crippen LogP contribution < -0.4 is 4.90 Å². The van der Waals surface area contributed by atoms with E-state index in [1.165, 1.54) is 17.7 Å². The number of aryl methyl sites for hydroxylation is 1. The highest BCUT2D eigenvalue weighted by atomic mass is 16.1. The monoisotopic (exact) mass is 217 g/mol. The quantitative estimate of drug-likeness (QED) is 0.710. The van der Waals surface area contributed by atoms with Gasteiger partial charge in [0.05, 0.1) is 0 Å². The summed E-state index contributed by atoms with van der Waals surface area (Å²) in [4.78, 5) is 13.1. The minimum atomic E-state index is 0.607. The van der Waals surface area contributed by atoms with Crippen molar-refractivity contribution in [2.24, 2.45) is 5.92 Å². The smallest absolute Gasteiger partial charge is 0.150 e. The second-order valence-corrected chi connectivity index (χ2v) is 5.01. The second-order valence-electron chi connectivity index (χ2n) is 5.01. The molecule has 1 aliphatic heterocycles. The summed E-state index contributed by atoms with van der Waals surface area (Å²) in [5, 5.41) is 0. The average Bonchev–Trinajstić information content (AvgIpc) is 2.57. The Bertz CT molecular complexity index is 400. The highest BCUT2D eigenvalue weighted by Crippen LogP contribution is 2.31. The molecule has 1 aromatic rings. The fourth-order valence-electron chi connectivity index (χ4n) is 2.71. The fraction of sp³-hybridized carbons (Fsp3) is 0.500. The Hall–Kier alpha value is -1.31. The molecule has 1 fully saturated rings. The third kappa shape index (κ3) is 1.97. The van der Waals surface area contributed by atoms with Crippen LogP contribution in [0.5, 0.6) is 0 Å². The molecule has 0 radical (unpaired) electrons. The number of hydrogen-bond donors (Lipinski definition) is 0. The average molecular weight is 217 g/mol. The van der Waals surface area contributed by atoms with Crippen molar-refractivity contribution in [1.29, 1.82) is 0 Å². The maximum atomic E-state index is 10.7. The van der Waals surface area contributed by atoms with E-state index in [9.17, 15) is 4.79 Å². The summed E-state index contributed by atoms with van der Waals surface area (Å²) in [5.74, 6) is 0.764. The molecule has 0 saturated carbocycles. The van der Waals surface area contributed by atoms with Crippen LogP contribution in [0.2, 0.25) is 0 Å². The van der Waals surface area contributed by atoms with Gasteiger partial charge in [-0.3, -0.25) is 4.79 Å². The van der Waals surface area contributed by atoms with Crippen LogP contribution in [-0.4, -0.2) is 18.9 Å². The summed E-state index contributed by atoms with van der Waals surface area (Å²) in [7, 11) is 0. The molecule has 1 saturated heterocycles. The maximum absolute atomic E-state index is 10.7. The lowest BCUT2D eigenvalue weighted by Crippen LogP contribution is -2.27. The van der Waals surface area contributed by atoms with Crippen LogP contribution in [0.15, 0.2) is 18.2 Å². The van der Waals surface area contributed by atoms with E-state index in [1.807, 2.05) is 12.1 Å². The summed E-state index contributed by atoms with van der Waals surface area (Å²) < 4.78 is 0. The molecule has 0 amide bonds. The number of carbonyl (C=O) groups excluding carboxylic acids is 1. The Morgan fingerprint density at radius 3 is 2.62 bits per heavy atom. The minimum Gasteiger partial charge on any atom is -0.368 e. The molecule has 0 spiro atoms. The van der Waals surface area contributed by atoms with E-state index >= 15 is 0 Å². The van der Waals surface area contributed by atoms with E-state index < -0.39 is 0 Å². The van der Waals surface area contributed by atoms with Crippen LogP contribution in [0.1, 0.15) is 36.2 Å². The molecule has 2 rings (SSSR count). The first-order chi connectivity index (χ1) is 7.61. The van der Waals surface area contributed by atoms with Crippen molar-refractivity contribution in [3.05, 3.63) is 29.3 Å². The van der Waals surface area contributed by atoms with Gasteiger partial charge in [0.15, 0.2) is 0 Å². The van der Waals surface area contributed by atoms with Gasteiger partial charge in [-0.05, 0) is 49.9 Å². The highest BCUT2D eigenvalue weighted by Gasteiger charge is 2.26. The lowest BCUT2D eigenvalue weighted by atomic mass is 10.1. The van der Waals surface area contributed by atoms with Crippen LogP contribution in [0, 0.1) is 12.8 Å². The largest absolute Gasteiger partial charge is 0.368 e. The minimum absolute atomic E-state index is 0.607. The Kier molecular flexibility index (Phi) is 2.99. The number of aldehydes is 1. The summed E-state index contributed by atoms with van der Waals surface area (Å²) in [6, 6.07) is 6.56. The van der Waals surface area contributed by atoms with Crippen LogP contribution in [0.4, 0.5) is 5.69 Å². The van der Waals surface area contributed by atoms with E-state index in [0.717, 1.165) is 24.3 Å². The molecule has 2 nitrogen and oxygen atoms in total. The van der Waals surface area contributed by atoms with Gasteiger partial charge in [0.1, 0.15) is 6.29 Å². The lowest BCUT2D eigenvalue weighted by molar-refractivity contribution is 0.112. The molecule has 2 unspecified atom stereocenters. The standard InChI is InChI=1S/C14H19NO/c1-10-6-12(3)15(8-10)14-5-4-13(9-16)7-11(14)2/h4-5,7,9-10,12H,6,8H2,1-3H3. The van der Waals surface area contributed by atoms with Crippen molar-refractivity contribution in [1.82, 2.24) is 0 Å². The number of carbonyl (C=O) groups is 1. The van der Waals surface area contributed by atoms with E-state index in [2.05, 4.69) is 31.7 Å². The number of nitrogens with zero attached hydrogens (tertiary/aromatic N) is 1. The zero-order valence-corrected chi connectivity index (χ0v) is 10.2. The number of hydrogen-bond acceptors (Lipinski definition) is 2. The van der Waals surface area contributed by atoms with Crippen LogP contribution in [0.3, 0.4) is 0 Å². The fourth-order valence-corrected chi connectivity index (χ4v) is 2.71. The zero-order valence-electron chi connectivity index (χ0n) is 10.2. The molecule has 1 aromatic carbocycles. The Labute approximate surface area is 97.3 Å². The topological polar surface area (TPSA) is 20.3 Å². The SMILES string of the molecule is Cc1cc(C=O)ccc1N1CC(C)CC1C.